The number of nitrogens with one attached hydrogen (secondary N) is 2. The van der Waals surface area contributed by atoms with Gasteiger partial charge in [-0.1, -0.05) is 0 Å². The molecule has 8 heteroatoms. The summed E-state index contributed by atoms with van der Waals surface area (Å²) in [7, 11) is 1.90. The molecule has 3 heterocycles. The van der Waals surface area contributed by atoms with E-state index < -0.39 is 11.6 Å². The second-order valence-electron chi connectivity index (χ2n) is 6.64. The van der Waals surface area contributed by atoms with Crippen molar-refractivity contribution in [3.63, 3.8) is 0 Å². The highest BCUT2D eigenvalue weighted by Gasteiger charge is 2.48. The summed E-state index contributed by atoms with van der Waals surface area (Å²) in [6.07, 6.45) is 2.02. The molecule has 0 saturated carbocycles. The first-order valence-electron chi connectivity index (χ1n) is 8.23. The number of urea groups is 1. The number of amides is 4. The molecule has 0 bridgehead atoms. The first-order valence-corrected chi connectivity index (χ1v) is 8.23. The standard InChI is InChI=1S/C16H23N5O3/c1-10-12(11(2)20(3)19-10)4-5-13(22)21-8-6-16(7-9-21)14(23)17-15(24)18-16/h4-9H2,1-3H3,(H2,17,18,23,24). The average Bonchev–Trinajstić information content (AvgIpc) is 2.94. The van der Waals surface area contributed by atoms with Gasteiger partial charge < -0.3 is 10.2 Å². The number of imide groups is 1. The maximum absolute atomic E-state index is 12.5. The molecule has 130 valence electrons. The van der Waals surface area contributed by atoms with Gasteiger partial charge in [-0.3, -0.25) is 19.6 Å². The van der Waals surface area contributed by atoms with Gasteiger partial charge in [0.25, 0.3) is 5.91 Å². The fraction of sp³-hybridized carbons (Fsp3) is 0.625. The highest BCUT2D eigenvalue weighted by atomic mass is 16.2. The van der Waals surface area contributed by atoms with E-state index in [1.54, 1.807) is 4.90 Å². The summed E-state index contributed by atoms with van der Waals surface area (Å²) in [4.78, 5) is 37.5. The van der Waals surface area contributed by atoms with E-state index in [4.69, 9.17) is 0 Å². The molecule has 3 rings (SSSR count). The summed E-state index contributed by atoms with van der Waals surface area (Å²) < 4.78 is 1.83. The number of carbonyl (C=O) groups excluding carboxylic acids is 3. The molecule has 0 aromatic carbocycles. The van der Waals surface area contributed by atoms with Crippen molar-refractivity contribution < 1.29 is 14.4 Å². The Morgan fingerprint density at radius 2 is 1.92 bits per heavy atom. The van der Waals surface area contributed by atoms with Crippen LogP contribution in [-0.4, -0.2) is 51.2 Å². The van der Waals surface area contributed by atoms with Gasteiger partial charge in [0.2, 0.25) is 5.91 Å². The van der Waals surface area contributed by atoms with Crippen molar-refractivity contribution in [2.45, 2.75) is 45.1 Å². The Bertz CT molecular complexity index is 701. The monoisotopic (exact) mass is 333 g/mol. The van der Waals surface area contributed by atoms with Gasteiger partial charge >= 0.3 is 6.03 Å². The van der Waals surface area contributed by atoms with Crippen LogP contribution in [0.15, 0.2) is 0 Å². The van der Waals surface area contributed by atoms with E-state index in [2.05, 4.69) is 15.7 Å². The van der Waals surface area contributed by atoms with E-state index in [9.17, 15) is 14.4 Å². The number of carbonyl (C=O) groups is 3. The fourth-order valence-corrected chi connectivity index (χ4v) is 3.59. The fourth-order valence-electron chi connectivity index (χ4n) is 3.59. The van der Waals surface area contributed by atoms with Crippen molar-refractivity contribution in [1.29, 1.82) is 0 Å². The van der Waals surface area contributed by atoms with Crippen molar-refractivity contribution in [1.82, 2.24) is 25.3 Å². The molecule has 1 aromatic rings. The zero-order valence-corrected chi connectivity index (χ0v) is 14.3. The maximum Gasteiger partial charge on any atom is 0.322 e. The molecule has 24 heavy (non-hydrogen) atoms. The Kier molecular flexibility index (Phi) is 4.06. The Hall–Kier alpha value is -2.38. The van der Waals surface area contributed by atoms with E-state index in [1.807, 2.05) is 25.6 Å². The molecule has 8 nitrogen and oxygen atoms in total. The van der Waals surface area contributed by atoms with Gasteiger partial charge in [-0.2, -0.15) is 5.10 Å². The van der Waals surface area contributed by atoms with Crippen LogP contribution in [-0.2, 0) is 23.1 Å². The molecular weight excluding hydrogens is 310 g/mol. The molecule has 0 radical (unpaired) electrons. The third kappa shape index (κ3) is 2.76. The minimum atomic E-state index is -0.829. The van der Waals surface area contributed by atoms with Gasteiger partial charge in [-0.15, -0.1) is 0 Å². The number of piperidine rings is 1. The second-order valence-corrected chi connectivity index (χ2v) is 6.64. The maximum atomic E-state index is 12.5. The molecular formula is C16H23N5O3. The van der Waals surface area contributed by atoms with Crippen molar-refractivity contribution in [3.8, 4) is 0 Å². The number of aromatic nitrogens is 2. The molecule has 0 atom stereocenters. The average molecular weight is 333 g/mol. The van der Waals surface area contributed by atoms with Gasteiger partial charge in [0.1, 0.15) is 5.54 Å². The number of likely N-dealkylation sites (tertiary alicyclic amines) is 1. The van der Waals surface area contributed by atoms with E-state index in [0.717, 1.165) is 17.0 Å². The van der Waals surface area contributed by atoms with Crippen LogP contribution in [0.4, 0.5) is 4.79 Å². The Labute approximate surface area is 140 Å². The van der Waals surface area contributed by atoms with E-state index in [-0.39, 0.29) is 11.8 Å². The first-order chi connectivity index (χ1) is 11.3. The van der Waals surface area contributed by atoms with E-state index >= 15 is 0 Å². The van der Waals surface area contributed by atoms with Crippen LogP contribution in [0.1, 0.15) is 36.2 Å². The molecule has 0 aliphatic carbocycles. The minimum absolute atomic E-state index is 0.0808. The normalized spacial score (nSPS) is 19.5. The predicted octanol–water partition coefficient (Wildman–Crippen LogP) is 0.170. The molecule has 2 saturated heterocycles. The van der Waals surface area contributed by atoms with Crippen LogP contribution in [0.3, 0.4) is 0 Å². The van der Waals surface area contributed by atoms with Gasteiger partial charge in [0.05, 0.1) is 5.69 Å². The zero-order chi connectivity index (χ0) is 17.5. The van der Waals surface area contributed by atoms with Gasteiger partial charge in [0.15, 0.2) is 0 Å². The SMILES string of the molecule is Cc1nn(C)c(C)c1CCC(=O)N1CCC2(CC1)NC(=O)NC2=O. The number of rotatable bonds is 3. The van der Waals surface area contributed by atoms with Gasteiger partial charge in [-0.25, -0.2) is 4.79 Å². The second kappa shape index (κ2) is 5.92. The van der Waals surface area contributed by atoms with Crippen LogP contribution in [0.2, 0.25) is 0 Å². The molecule has 2 aliphatic heterocycles. The topological polar surface area (TPSA) is 96.3 Å². The first kappa shape index (κ1) is 16.5. The molecule has 2 aliphatic rings. The highest BCUT2D eigenvalue weighted by Crippen LogP contribution is 2.26. The zero-order valence-electron chi connectivity index (χ0n) is 14.3. The van der Waals surface area contributed by atoms with Gasteiger partial charge in [-0.05, 0) is 38.7 Å². The summed E-state index contributed by atoms with van der Waals surface area (Å²) in [6, 6.07) is -0.442. The number of aryl methyl sites for hydroxylation is 2. The predicted molar refractivity (Wildman–Crippen MR) is 86.2 cm³/mol. The largest absolute Gasteiger partial charge is 0.342 e. The smallest absolute Gasteiger partial charge is 0.322 e. The van der Waals surface area contributed by atoms with Crippen molar-refractivity contribution in [3.05, 3.63) is 17.0 Å². The van der Waals surface area contributed by atoms with E-state index in [1.165, 1.54) is 0 Å². The summed E-state index contributed by atoms with van der Waals surface area (Å²) in [5, 5.41) is 9.36. The lowest BCUT2D eigenvalue weighted by Crippen LogP contribution is -2.55. The lowest BCUT2D eigenvalue weighted by Gasteiger charge is -2.37. The van der Waals surface area contributed by atoms with Crippen molar-refractivity contribution in [2.75, 3.05) is 13.1 Å². The molecule has 4 amide bonds. The third-order valence-electron chi connectivity index (χ3n) is 5.23. The van der Waals surface area contributed by atoms with Crippen LogP contribution < -0.4 is 10.6 Å². The molecule has 2 fully saturated rings. The van der Waals surface area contributed by atoms with Crippen LogP contribution in [0.5, 0.6) is 0 Å². The van der Waals surface area contributed by atoms with Crippen LogP contribution in [0, 0.1) is 13.8 Å². The van der Waals surface area contributed by atoms with Crippen LogP contribution >= 0.6 is 0 Å². The van der Waals surface area contributed by atoms with Crippen LogP contribution in [0.25, 0.3) is 0 Å². The van der Waals surface area contributed by atoms with Crippen molar-refractivity contribution in [2.24, 2.45) is 7.05 Å². The number of hydrogen-bond acceptors (Lipinski definition) is 4. The lowest BCUT2D eigenvalue weighted by molar-refractivity contribution is -0.135. The Morgan fingerprint density at radius 1 is 1.25 bits per heavy atom. The summed E-state index contributed by atoms with van der Waals surface area (Å²) >= 11 is 0. The van der Waals surface area contributed by atoms with Crippen molar-refractivity contribution >= 4 is 17.8 Å². The lowest BCUT2D eigenvalue weighted by atomic mass is 9.87. The summed E-state index contributed by atoms with van der Waals surface area (Å²) in [5.74, 6) is -0.196. The number of nitrogens with zero attached hydrogens (tertiary/aromatic N) is 3. The number of hydrogen-bond donors (Lipinski definition) is 2. The quantitative estimate of drug-likeness (QED) is 0.771. The Morgan fingerprint density at radius 3 is 2.42 bits per heavy atom. The van der Waals surface area contributed by atoms with Gasteiger partial charge in [0, 0.05) is 32.3 Å². The summed E-state index contributed by atoms with van der Waals surface area (Å²) in [6.45, 7) is 4.93. The minimum Gasteiger partial charge on any atom is -0.342 e. The molecule has 0 unspecified atom stereocenters. The molecule has 2 N–H and O–H groups in total. The summed E-state index contributed by atoms with van der Waals surface area (Å²) in [5.41, 5.74) is 2.35. The molecule has 1 aromatic heterocycles. The molecule has 1 spiro atoms. The highest BCUT2D eigenvalue weighted by molar-refractivity contribution is 6.07. The van der Waals surface area contributed by atoms with E-state index in [0.29, 0.717) is 38.8 Å². The Balaban J connectivity index is 1.56. The third-order valence-corrected chi connectivity index (χ3v) is 5.23.